The minimum atomic E-state index is -1.11. The average molecular weight is 224 g/mol. The molecule has 0 radical (unpaired) electrons. The van der Waals surface area contributed by atoms with Crippen LogP contribution in [0.3, 0.4) is 0 Å². The van der Waals surface area contributed by atoms with Crippen molar-refractivity contribution >= 4 is 5.97 Å². The number of carboxylic acids is 1. The quantitative estimate of drug-likeness (QED) is 0.676. The number of benzene rings is 1. The molecule has 0 heterocycles. The van der Waals surface area contributed by atoms with Crippen LogP contribution >= 0.6 is 0 Å². The molecule has 0 amide bonds. The van der Waals surface area contributed by atoms with Crippen molar-refractivity contribution in [2.24, 2.45) is 11.5 Å². The van der Waals surface area contributed by atoms with Gasteiger partial charge >= 0.3 is 5.97 Å². The van der Waals surface area contributed by atoms with Gasteiger partial charge in [-0.1, -0.05) is 12.1 Å². The highest BCUT2D eigenvalue weighted by atomic mass is 16.5. The number of carboxylic acid groups (broad SMARTS) is 1. The largest absolute Gasteiger partial charge is 0.494 e. The van der Waals surface area contributed by atoms with Crippen molar-refractivity contribution in [3.8, 4) is 5.75 Å². The Labute approximate surface area is 94.0 Å². The Bertz CT molecular complexity index is 351. The predicted octanol–water partition coefficient (Wildman–Crippen LogP) is 0.497. The summed E-state index contributed by atoms with van der Waals surface area (Å²) in [5, 5.41) is 8.72. The minimum absolute atomic E-state index is 0.583. The van der Waals surface area contributed by atoms with E-state index in [1.807, 2.05) is 6.92 Å². The van der Waals surface area contributed by atoms with Gasteiger partial charge in [-0.3, -0.25) is 4.79 Å². The zero-order valence-corrected chi connectivity index (χ0v) is 9.09. The van der Waals surface area contributed by atoms with E-state index in [2.05, 4.69) is 0 Å². The van der Waals surface area contributed by atoms with Gasteiger partial charge in [0.15, 0.2) is 0 Å². The zero-order chi connectivity index (χ0) is 12.1. The summed E-state index contributed by atoms with van der Waals surface area (Å²) >= 11 is 0. The van der Waals surface area contributed by atoms with E-state index in [0.29, 0.717) is 12.2 Å². The highest BCUT2D eigenvalue weighted by Gasteiger charge is 2.21. The molecule has 1 rings (SSSR count). The fourth-order valence-corrected chi connectivity index (χ4v) is 1.31. The molecule has 5 nitrogen and oxygen atoms in total. The van der Waals surface area contributed by atoms with Crippen LogP contribution in [0.2, 0.25) is 0 Å². The number of aliphatic carboxylic acids is 1. The second-order valence-electron chi connectivity index (χ2n) is 3.39. The van der Waals surface area contributed by atoms with Crippen molar-refractivity contribution in [1.29, 1.82) is 0 Å². The van der Waals surface area contributed by atoms with E-state index in [9.17, 15) is 4.79 Å². The van der Waals surface area contributed by atoms with Crippen LogP contribution < -0.4 is 16.2 Å². The normalized spacial score (nSPS) is 14.2. The molecule has 0 fully saturated rings. The summed E-state index contributed by atoms with van der Waals surface area (Å²) in [4.78, 5) is 10.7. The van der Waals surface area contributed by atoms with Gasteiger partial charge in [-0.2, -0.15) is 0 Å². The molecule has 0 aliphatic carbocycles. The third-order valence-corrected chi connectivity index (χ3v) is 2.25. The van der Waals surface area contributed by atoms with E-state index in [1.165, 1.54) is 0 Å². The van der Waals surface area contributed by atoms with Gasteiger partial charge in [0.2, 0.25) is 0 Å². The number of rotatable bonds is 5. The van der Waals surface area contributed by atoms with E-state index >= 15 is 0 Å². The maximum absolute atomic E-state index is 10.7. The second-order valence-corrected chi connectivity index (χ2v) is 3.39. The van der Waals surface area contributed by atoms with Crippen LogP contribution in [0.5, 0.6) is 5.75 Å². The summed E-state index contributed by atoms with van der Waals surface area (Å²) in [5.41, 5.74) is 11.8. The summed E-state index contributed by atoms with van der Waals surface area (Å²) < 4.78 is 5.26. The lowest BCUT2D eigenvalue weighted by molar-refractivity contribution is -0.139. The Hall–Kier alpha value is -1.59. The van der Waals surface area contributed by atoms with Gasteiger partial charge in [0.05, 0.1) is 12.6 Å². The van der Waals surface area contributed by atoms with Gasteiger partial charge in [0, 0.05) is 0 Å². The molecule has 2 unspecified atom stereocenters. The molecule has 5 heteroatoms. The molecular weight excluding hydrogens is 208 g/mol. The molecule has 0 aliphatic rings. The number of hydrogen-bond donors (Lipinski definition) is 3. The van der Waals surface area contributed by atoms with E-state index in [-0.39, 0.29) is 0 Å². The van der Waals surface area contributed by atoms with Gasteiger partial charge in [0.25, 0.3) is 0 Å². The molecule has 1 aromatic rings. The first-order chi connectivity index (χ1) is 7.56. The monoisotopic (exact) mass is 224 g/mol. The van der Waals surface area contributed by atoms with Crippen LogP contribution in [0.4, 0.5) is 0 Å². The van der Waals surface area contributed by atoms with Crippen molar-refractivity contribution < 1.29 is 14.6 Å². The smallest absolute Gasteiger partial charge is 0.322 e. The predicted molar refractivity (Wildman–Crippen MR) is 60.2 cm³/mol. The molecule has 88 valence electrons. The summed E-state index contributed by atoms with van der Waals surface area (Å²) in [7, 11) is 0. The first-order valence-corrected chi connectivity index (χ1v) is 5.03. The molecular formula is C11H16N2O3. The highest BCUT2D eigenvalue weighted by Crippen LogP contribution is 2.18. The summed E-state index contributed by atoms with van der Waals surface area (Å²) in [6.07, 6.45) is 0. The van der Waals surface area contributed by atoms with Crippen LogP contribution in [0.15, 0.2) is 24.3 Å². The molecule has 0 saturated carbocycles. The fraction of sp³-hybridized carbons (Fsp3) is 0.364. The summed E-state index contributed by atoms with van der Waals surface area (Å²) in [6, 6.07) is 5.11. The maximum atomic E-state index is 10.7. The average Bonchev–Trinajstić information content (AvgIpc) is 2.28. The van der Waals surface area contributed by atoms with E-state index < -0.39 is 18.1 Å². The van der Waals surface area contributed by atoms with Gasteiger partial charge in [0.1, 0.15) is 11.8 Å². The Morgan fingerprint density at radius 3 is 2.38 bits per heavy atom. The molecule has 16 heavy (non-hydrogen) atoms. The van der Waals surface area contributed by atoms with Crippen molar-refractivity contribution in [3.63, 3.8) is 0 Å². The van der Waals surface area contributed by atoms with E-state index in [4.69, 9.17) is 21.3 Å². The van der Waals surface area contributed by atoms with Crippen LogP contribution in [0, 0.1) is 0 Å². The van der Waals surface area contributed by atoms with Gasteiger partial charge < -0.3 is 21.3 Å². The lowest BCUT2D eigenvalue weighted by atomic mass is 10.0. The van der Waals surface area contributed by atoms with Gasteiger partial charge in [-0.25, -0.2) is 0 Å². The third kappa shape index (κ3) is 2.95. The van der Waals surface area contributed by atoms with Crippen LogP contribution in [-0.2, 0) is 4.79 Å². The zero-order valence-electron chi connectivity index (χ0n) is 9.09. The highest BCUT2D eigenvalue weighted by molar-refractivity contribution is 5.74. The standard InChI is InChI=1S/C11H16N2O3/c1-2-16-8-5-3-7(4-6-8)9(12)10(13)11(14)15/h3-6,9-10H,2,12-13H2,1H3,(H,14,15). The Morgan fingerprint density at radius 2 is 1.94 bits per heavy atom. The lowest BCUT2D eigenvalue weighted by Gasteiger charge is -2.16. The molecule has 0 aliphatic heterocycles. The van der Waals surface area contributed by atoms with Gasteiger partial charge in [-0.15, -0.1) is 0 Å². The van der Waals surface area contributed by atoms with Crippen molar-refractivity contribution in [3.05, 3.63) is 29.8 Å². The first kappa shape index (κ1) is 12.5. The molecule has 0 aromatic heterocycles. The Morgan fingerprint density at radius 1 is 1.38 bits per heavy atom. The molecule has 5 N–H and O–H groups in total. The molecule has 0 spiro atoms. The lowest BCUT2D eigenvalue weighted by Crippen LogP contribution is -2.40. The summed E-state index contributed by atoms with van der Waals surface area (Å²) in [5.74, 6) is -0.385. The fourth-order valence-electron chi connectivity index (χ4n) is 1.31. The number of carbonyl (C=O) groups is 1. The van der Waals surface area contributed by atoms with Gasteiger partial charge in [-0.05, 0) is 24.6 Å². The number of hydrogen-bond acceptors (Lipinski definition) is 4. The third-order valence-electron chi connectivity index (χ3n) is 2.25. The van der Waals surface area contributed by atoms with Crippen LogP contribution in [0.1, 0.15) is 18.5 Å². The Kier molecular flexibility index (Phi) is 4.28. The van der Waals surface area contributed by atoms with E-state index in [1.54, 1.807) is 24.3 Å². The molecule has 1 aromatic carbocycles. The number of nitrogens with two attached hydrogens (primary N) is 2. The minimum Gasteiger partial charge on any atom is -0.494 e. The van der Waals surface area contributed by atoms with Crippen molar-refractivity contribution in [2.45, 2.75) is 19.0 Å². The first-order valence-electron chi connectivity index (χ1n) is 5.03. The topological polar surface area (TPSA) is 98.6 Å². The Balaban J connectivity index is 2.77. The van der Waals surface area contributed by atoms with E-state index in [0.717, 1.165) is 5.75 Å². The summed E-state index contributed by atoms with van der Waals surface area (Å²) in [6.45, 7) is 2.47. The van der Waals surface area contributed by atoms with Crippen molar-refractivity contribution in [2.75, 3.05) is 6.61 Å². The molecule has 0 bridgehead atoms. The number of ether oxygens (including phenoxy) is 1. The molecule has 0 saturated heterocycles. The van der Waals surface area contributed by atoms with Crippen LogP contribution in [-0.4, -0.2) is 23.7 Å². The maximum Gasteiger partial charge on any atom is 0.322 e. The molecule has 2 atom stereocenters. The van der Waals surface area contributed by atoms with Crippen LogP contribution in [0.25, 0.3) is 0 Å². The SMILES string of the molecule is CCOc1ccc(C(N)C(N)C(=O)O)cc1. The second kappa shape index (κ2) is 5.48. The van der Waals surface area contributed by atoms with Crippen molar-refractivity contribution in [1.82, 2.24) is 0 Å².